The fourth-order valence-corrected chi connectivity index (χ4v) is 3.48. The topological polar surface area (TPSA) is 76.4 Å². The van der Waals surface area contributed by atoms with Crippen LogP contribution in [-0.2, 0) is 16.1 Å². The van der Waals surface area contributed by atoms with E-state index < -0.39 is 0 Å². The van der Waals surface area contributed by atoms with Gasteiger partial charge in [0.1, 0.15) is 30.9 Å². The Morgan fingerprint density at radius 3 is 2.43 bits per heavy atom. The van der Waals surface area contributed by atoms with E-state index in [1.165, 1.54) is 0 Å². The lowest BCUT2D eigenvalue weighted by Crippen LogP contribution is -2.50. The molecule has 0 atom stereocenters. The molecule has 2 aromatic heterocycles. The molecule has 156 valence electrons. The molecule has 0 radical (unpaired) electrons. The van der Waals surface area contributed by atoms with E-state index in [0.29, 0.717) is 19.7 Å². The summed E-state index contributed by atoms with van der Waals surface area (Å²) in [6.07, 6.45) is 3.36. The minimum atomic E-state index is 0.0264. The smallest absolute Gasteiger partial charge is 0.248 e. The number of carbonyl (C=O) groups excluding carboxylic acids is 1. The highest BCUT2D eigenvalue weighted by atomic mass is 16.5. The van der Waals surface area contributed by atoms with Crippen LogP contribution in [0.5, 0.6) is 0 Å². The van der Waals surface area contributed by atoms with Gasteiger partial charge in [-0.3, -0.25) is 9.36 Å². The second kappa shape index (κ2) is 9.04. The summed E-state index contributed by atoms with van der Waals surface area (Å²) in [4.78, 5) is 29.6. The van der Waals surface area contributed by atoms with Gasteiger partial charge in [0.2, 0.25) is 5.91 Å². The minimum Gasteiger partial charge on any atom is -0.367 e. The zero-order valence-electron chi connectivity index (χ0n) is 17.4. The molecule has 8 nitrogen and oxygen atoms in total. The fraction of sp³-hybridized carbons (Fsp3) is 0.364. The second-order valence-corrected chi connectivity index (χ2v) is 7.37. The van der Waals surface area contributed by atoms with Gasteiger partial charge in [-0.2, -0.15) is 0 Å². The predicted octanol–water partition coefficient (Wildman–Crippen LogP) is 2.14. The maximum Gasteiger partial charge on any atom is 0.248 e. The highest BCUT2D eigenvalue weighted by molar-refractivity contribution is 5.77. The number of amides is 1. The van der Waals surface area contributed by atoms with Gasteiger partial charge in [0.05, 0.1) is 12.3 Å². The van der Waals surface area contributed by atoms with Crippen LogP contribution in [0.1, 0.15) is 17.0 Å². The Balaban J connectivity index is 1.30. The lowest BCUT2D eigenvalue weighted by molar-refractivity contribution is -0.136. The highest BCUT2D eigenvalue weighted by Crippen LogP contribution is 2.18. The normalized spacial score (nSPS) is 14.2. The third-order valence-corrected chi connectivity index (χ3v) is 5.43. The van der Waals surface area contributed by atoms with Crippen molar-refractivity contribution in [1.29, 1.82) is 0 Å². The number of piperazine rings is 1. The molecule has 1 aromatic carbocycles. The number of hydrogen-bond donors (Lipinski definition) is 0. The van der Waals surface area contributed by atoms with Gasteiger partial charge in [0.15, 0.2) is 0 Å². The molecule has 4 rings (SSSR count). The van der Waals surface area contributed by atoms with Gasteiger partial charge < -0.3 is 14.5 Å². The van der Waals surface area contributed by atoms with Crippen molar-refractivity contribution in [1.82, 2.24) is 24.4 Å². The molecule has 1 saturated heterocycles. The van der Waals surface area contributed by atoms with E-state index in [0.717, 1.165) is 41.7 Å². The molecule has 0 aliphatic carbocycles. The number of anilines is 1. The minimum absolute atomic E-state index is 0.0264. The summed E-state index contributed by atoms with van der Waals surface area (Å²) in [5.74, 6) is 1.68. The van der Waals surface area contributed by atoms with E-state index in [4.69, 9.17) is 4.74 Å². The van der Waals surface area contributed by atoms with E-state index in [9.17, 15) is 4.79 Å². The van der Waals surface area contributed by atoms with Crippen molar-refractivity contribution in [3.63, 3.8) is 0 Å². The summed E-state index contributed by atoms with van der Waals surface area (Å²) in [6, 6.07) is 11.8. The Morgan fingerprint density at radius 1 is 1.00 bits per heavy atom. The molecular formula is C22H26N6O2. The molecule has 0 bridgehead atoms. The molecule has 1 amide bonds. The zero-order chi connectivity index (χ0) is 20.9. The van der Waals surface area contributed by atoms with Crippen LogP contribution in [0.3, 0.4) is 0 Å². The first-order valence-electron chi connectivity index (χ1n) is 10.1. The number of imidazole rings is 1. The van der Waals surface area contributed by atoms with Gasteiger partial charge in [-0.15, -0.1) is 0 Å². The third kappa shape index (κ3) is 4.49. The third-order valence-electron chi connectivity index (χ3n) is 5.43. The predicted molar refractivity (Wildman–Crippen MR) is 114 cm³/mol. The van der Waals surface area contributed by atoms with E-state index in [2.05, 4.69) is 19.9 Å². The van der Waals surface area contributed by atoms with Crippen LogP contribution in [0.25, 0.3) is 5.82 Å². The Labute approximate surface area is 176 Å². The fourth-order valence-electron chi connectivity index (χ4n) is 3.48. The van der Waals surface area contributed by atoms with Crippen LogP contribution in [0, 0.1) is 13.8 Å². The molecule has 1 aliphatic heterocycles. The average Bonchev–Trinajstić information content (AvgIpc) is 3.13. The van der Waals surface area contributed by atoms with Gasteiger partial charge in [-0.1, -0.05) is 30.3 Å². The van der Waals surface area contributed by atoms with Crippen LogP contribution < -0.4 is 4.90 Å². The van der Waals surface area contributed by atoms with Gasteiger partial charge >= 0.3 is 0 Å². The number of aryl methyl sites for hydroxylation is 1. The standard InChI is InChI=1S/C22H26N6O2/c1-17-18(2)28(16-25-17)21-12-20(23-15-24-21)26-8-10-27(11-9-26)22(29)14-30-13-19-6-4-3-5-7-19/h3-7,12,15-16H,8-11,13-14H2,1-2H3. The molecular weight excluding hydrogens is 380 g/mol. The lowest BCUT2D eigenvalue weighted by Gasteiger charge is -2.35. The van der Waals surface area contributed by atoms with Crippen LogP contribution in [0.2, 0.25) is 0 Å². The molecule has 1 fully saturated rings. The number of ether oxygens (including phenoxy) is 1. The molecule has 0 saturated carbocycles. The highest BCUT2D eigenvalue weighted by Gasteiger charge is 2.22. The Bertz CT molecular complexity index is 996. The molecule has 30 heavy (non-hydrogen) atoms. The van der Waals surface area contributed by atoms with Crippen LogP contribution in [0.15, 0.2) is 49.1 Å². The van der Waals surface area contributed by atoms with E-state index in [1.54, 1.807) is 12.7 Å². The summed E-state index contributed by atoms with van der Waals surface area (Å²) >= 11 is 0. The van der Waals surface area contributed by atoms with Crippen LogP contribution in [-0.4, -0.2) is 63.1 Å². The first-order valence-corrected chi connectivity index (χ1v) is 10.1. The van der Waals surface area contributed by atoms with Crippen LogP contribution in [0.4, 0.5) is 5.82 Å². The number of nitrogens with zero attached hydrogens (tertiary/aromatic N) is 6. The van der Waals surface area contributed by atoms with Crippen molar-refractivity contribution in [3.05, 3.63) is 66.0 Å². The van der Waals surface area contributed by atoms with Gasteiger partial charge in [-0.05, 0) is 19.4 Å². The molecule has 0 N–H and O–H groups in total. The van der Waals surface area contributed by atoms with Crippen LogP contribution >= 0.6 is 0 Å². The SMILES string of the molecule is Cc1ncn(-c2cc(N3CCN(C(=O)COCc4ccccc4)CC3)ncn2)c1C. The lowest BCUT2D eigenvalue weighted by atomic mass is 10.2. The Kier molecular flexibility index (Phi) is 6.04. The average molecular weight is 406 g/mol. The molecule has 3 heterocycles. The Morgan fingerprint density at radius 2 is 1.73 bits per heavy atom. The number of rotatable bonds is 6. The number of benzene rings is 1. The number of hydrogen-bond acceptors (Lipinski definition) is 6. The largest absolute Gasteiger partial charge is 0.367 e. The summed E-state index contributed by atoms with van der Waals surface area (Å²) < 4.78 is 7.55. The Hall–Kier alpha value is -3.26. The monoisotopic (exact) mass is 406 g/mol. The molecule has 1 aliphatic rings. The second-order valence-electron chi connectivity index (χ2n) is 7.37. The quantitative estimate of drug-likeness (QED) is 0.624. The first kappa shape index (κ1) is 20.0. The van der Waals surface area contributed by atoms with E-state index >= 15 is 0 Å². The van der Waals surface area contributed by atoms with Crippen molar-refractivity contribution in [2.45, 2.75) is 20.5 Å². The van der Waals surface area contributed by atoms with Gasteiger partial charge in [-0.25, -0.2) is 15.0 Å². The molecule has 0 unspecified atom stereocenters. The van der Waals surface area contributed by atoms with Crippen molar-refractivity contribution in [3.8, 4) is 5.82 Å². The molecule has 8 heteroatoms. The summed E-state index contributed by atoms with van der Waals surface area (Å²) in [7, 11) is 0. The van der Waals surface area contributed by atoms with Gasteiger partial charge in [0, 0.05) is 37.9 Å². The summed E-state index contributed by atoms with van der Waals surface area (Å²) in [5, 5.41) is 0. The maximum atomic E-state index is 12.5. The van der Waals surface area contributed by atoms with Crippen molar-refractivity contribution in [2.24, 2.45) is 0 Å². The maximum absolute atomic E-state index is 12.5. The number of carbonyl (C=O) groups is 1. The number of aromatic nitrogens is 4. The zero-order valence-corrected chi connectivity index (χ0v) is 17.4. The van der Waals surface area contributed by atoms with Crippen molar-refractivity contribution in [2.75, 3.05) is 37.7 Å². The molecule has 0 spiro atoms. The summed E-state index contributed by atoms with van der Waals surface area (Å²) in [5.41, 5.74) is 3.11. The first-order chi connectivity index (χ1) is 14.6. The van der Waals surface area contributed by atoms with Gasteiger partial charge in [0.25, 0.3) is 0 Å². The van der Waals surface area contributed by atoms with Crippen molar-refractivity contribution < 1.29 is 9.53 Å². The van der Waals surface area contributed by atoms with Crippen molar-refractivity contribution >= 4 is 11.7 Å². The van der Waals surface area contributed by atoms with E-state index in [1.807, 2.05) is 59.7 Å². The summed E-state index contributed by atoms with van der Waals surface area (Å²) in [6.45, 7) is 7.30. The molecule has 3 aromatic rings. The van der Waals surface area contributed by atoms with E-state index in [-0.39, 0.29) is 12.5 Å².